The molecule has 3 rings (SSSR count). The minimum Gasteiger partial charge on any atom is -0.271 e. The summed E-state index contributed by atoms with van der Waals surface area (Å²) in [6, 6.07) is 7.09. The number of hydrogen-bond acceptors (Lipinski definition) is 4. The third-order valence-corrected chi connectivity index (χ3v) is 4.42. The zero-order valence-electron chi connectivity index (χ0n) is 12.7. The predicted molar refractivity (Wildman–Crippen MR) is 86.3 cm³/mol. The maximum Gasteiger partial charge on any atom is 0.432 e. The van der Waals surface area contributed by atoms with Crippen LogP contribution in [0.5, 0.6) is 0 Å². The van der Waals surface area contributed by atoms with Crippen molar-refractivity contribution in [1.29, 1.82) is 0 Å². The number of anilines is 1. The first kappa shape index (κ1) is 16.6. The number of alkyl halides is 3. The number of fused-ring (bicyclic) bond motifs is 1. The lowest BCUT2D eigenvalue weighted by Crippen LogP contribution is -2.71. The fourth-order valence-electron chi connectivity index (χ4n) is 2.28. The molecule has 1 aliphatic heterocycles. The van der Waals surface area contributed by atoms with Crippen molar-refractivity contribution in [2.45, 2.75) is 19.5 Å². The van der Waals surface area contributed by atoms with E-state index in [4.69, 9.17) is 0 Å². The van der Waals surface area contributed by atoms with Gasteiger partial charge in [0.05, 0.1) is 10.2 Å². The minimum atomic E-state index is -4.68. The standard InChI is InChI=1S/C15H13F3N4OS/c1-2-7-19-8-9-12(15(16,17)18)21-22(13(9)23)14-20-10-5-3-4-6-11(10)24-14/h3-6,8-9H,2,7H2,1H3/p+1/t9-/m0/s1. The Morgan fingerprint density at radius 1 is 1.38 bits per heavy atom. The average molecular weight is 355 g/mol. The van der Waals surface area contributed by atoms with Crippen molar-refractivity contribution < 1.29 is 23.0 Å². The highest BCUT2D eigenvalue weighted by atomic mass is 32.1. The maximum absolute atomic E-state index is 13.2. The third kappa shape index (κ3) is 3.03. The van der Waals surface area contributed by atoms with E-state index in [1.807, 2.05) is 6.92 Å². The molecular weight excluding hydrogens is 341 g/mol. The molecule has 1 amide bonds. The molecule has 126 valence electrons. The zero-order valence-corrected chi connectivity index (χ0v) is 13.5. The highest BCUT2D eigenvalue weighted by Crippen LogP contribution is 2.34. The molecule has 1 aromatic carbocycles. The van der Waals surface area contributed by atoms with Crippen LogP contribution in [0.3, 0.4) is 0 Å². The Balaban J connectivity index is 1.99. The first-order valence-electron chi connectivity index (χ1n) is 7.33. The number of hydrazone groups is 1. The van der Waals surface area contributed by atoms with E-state index >= 15 is 0 Å². The summed E-state index contributed by atoms with van der Waals surface area (Å²) in [7, 11) is 0. The van der Waals surface area contributed by atoms with Crippen LogP contribution in [0.15, 0.2) is 29.4 Å². The number of carbonyl (C=O) groups is 1. The van der Waals surface area contributed by atoms with Gasteiger partial charge in [0, 0.05) is 6.42 Å². The van der Waals surface area contributed by atoms with Crippen molar-refractivity contribution >= 4 is 44.5 Å². The molecule has 0 bridgehead atoms. The van der Waals surface area contributed by atoms with Gasteiger partial charge in [-0.15, -0.1) is 0 Å². The number of rotatable bonds is 4. The van der Waals surface area contributed by atoms with Crippen LogP contribution in [0.1, 0.15) is 13.3 Å². The van der Waals surface area contributed by atoms with Crippen LogP contribution in [0, 0.1) is 5.92 Å². The normalized spacial score (nSPS) is 18.8. The summed E-state index contributed by atoms with van der Waals surface area (Å²) in [5.41, 5.74) is -0.513. The Kier molecular flexibility index (Phi) is 4.35. The lowest BCUT2D eigenvalue weighted by molar-refractivity contribution is -0.453. The molecule has 5 nitrogen and oxygen atoms in total. The Hall–Kier alpha value is -2.29. The first-order valence-corrected chi connectivity index (χ1v) is 8.15. The van der Waals surface area contributed by atoms with E-state index in [2.05, 4.69) is 15.1 Å². The van der Waals surface area contributed by atoms with Crippen molar-refractivity contribution in [2.75, 3.05) is 11.6 Å². The largest absolute Gasteiger partial charge is 0.432 e. The number of benzene rings is 1. The Morgan fingerprint density at radius 3 is 2.79 bits per heavy atom. The van der Waals surface area contributed by atoms with Crippen molar-refractivity contribution in [3.63, 3.8) is 0 Å². The molecular formula is C15H14F3N4OS+. The van der Waals surface area contributed by atoms with Crippen LogP contribution in [-0.2, 0) is 4.79 Å². The molecule has 0 saturated carbocycles. The molecule has 1 aromatic heterocycles. The lowest BCUT2D eigenvalue weighted by Gasteiger charge is -2.07. The van der Waals surface area contributed by atoms with E-state index < -0.39 is 23.7 Å². The summed E-state index contributed by atoms with van der Waals surface area (Å²) in [6.45, 7) is 2.36. The Labute approximate surface area is 139 Å². The second-order valence-corrected chi connectivity index (χ2v) is 6.20. The molecule has 0 aliphatic carbocycles. The van der Waals surface area contributed by atoms with Crippen LogP contribution in [0.25, 0.3) is 10.2 Å². The number of halogens is 3. The summed E-state index contributed by atoms with van der Waals surface area (Å²) in [5.74, 6) is -2.23. The monoisotopic (exact) mass is 355 g/mol. The fourth-order valence-corrected chi connectivity index (χ4v) is 3.21. The smallest absolute Gasteiger partial charge is 0.271 e. The lowest BCUT2D eigenvalue weighted by atomic mass is 10.0. The van der Waals surface area contributed by atoms with Crippen LogP contribution < -0.4 is 10.0 Å². The number of hydrogen-bond donors (Lipinski definition) is 1. The van der Waals surface area contributed by atoms with Crippen molar-refractivity contribution in [2.24, 2.45) is 11.0 Å². The van der Waals surface area contributed by atoms with Crippen LogP contribution in [-0.4, -0.2) is 35.5 Å². The number of thiazole rings is 1. The van der Waals surface area contributed by atoms with Crippen LogP contribution in [0.4, 0.5) is 18.3 Å². The molecule has 1 aliphatic rings. The van der Waals surface area contributed by atoms with Gasteiger partial charge in [0.1, 0.15) is 6.54 Å². The molecule has 0 radical (unpaired) electrons. The SMILES string of the molecule is CCC[NH+]=C[C@@H]1C(=O)N(c2nc3ccccc3s2)N=C1C(F)(F)F. The predicted octanol–water partition coefficient (Wildman–Crippen LogP) is 1.74. The number of aromatic nitrogens is 1. The fraction of sp³-hybridized carbons (Fsp3) is 0.333. The molecule has 2 aromatic rings. The number of nitrogens with one attached hydrogen (secondary N) is 1. The number of para-hydroxylation sites is 1. The van der Waals surface area contributed by atoms with Crippen molar-refractivity contribution in [3.05, 3.63) is 24.3 Å². The molecule has 2 heterocycles. The van der Waals surface area contributed by atoms with E-state index in [0.29, 0.717) is 12.1 Å². The van der Waals surface area contributed by atoms with Gasteiger partial charge in [0.25, 0.3) is 5.91 Å². The molecule has 0 saturated heterocycles. The van der Waals surface area contributed by atoms with E-state index in [0.717, 1.165) is 33.7 Å². The average Bonchev–Trinajstić information content (AvgIpc) is 3.08. The summed E-state index contributed by atoms with van der Waals surface area (Å²) < 4.78 is 40.4. The van der Waals surface area contributed by atoms with Crippen LogP contribution >= 0.6 is 11.3 Å². The molecule has 0 unspecified atom stereocenters. The Bertz CT molecular complexity index is 794. The van der Waals surface area contributed by atoms with Crippen molar-refractivity contribution in [3.8, 4) is 0 Å². The van der Waals surface area contributed by atoms with Crippen molar-refractivity contribution in [1.82, 2.24) is 4.98 Å². The summed E-state index contributed by atoms with van der Waals surface area (Å²) in [6.07, 6.45) is -2.79. The molecule has 24 heavy (non-hydrogen) atoms. The summed E-state index contributed by atoms with van der Waals surface area (Å²) in [4.78, 5) is 19.4. The van der Waals surface area contributed by atoms with Gasteiger partial charge >= 0.3 is 6.18 Å². The van der Waals surface area contributed by atoms with Gasteiger partial charge in [-0.1, -0.05) is 30.4 Å². The summed E-state index contributed by atoms with van der Waals surface area (Å²) >= 11 is 1.13. The number of amides is 1. The molecule has 0 spiro atoms. The highest BCUT2D eigenvalue weighted by Gasteiger charge is 2.51. The van der Waals surface area contributed by atoms with E-state index in [1.54, 1.807) is 24.3 Å². The first-order chi connectivity index (χ1) is 11.4. The summed E-state index contributed by atoms with van der Waals surface area (Å²) in [5, 5.41) is 4.40. The second-order valence-electron chi connectivity index (χ2n) is 5.20. The van der Waals surface area contributed by atoms with E-state index in [1.165, 1.54) is 0 Å². The van der Waals surface area contributed by atoms with Gasteiger partial charge in [-0.05, 0) is 12.1 Å². The molecule has 0 fully saturated rings. The molecule has 9 heteroatoms. The van der Waals surface area contributed by atoms with Gasteiger partial charge < -0.3 is 0 Å². The Morgan fingerprint density at radius 2 is 2.12 bits per heavy atom. The van der Waals surface area contributed by atoms with Gasteiger partial charge in [-0.3, -0.25) is 9.79 Å². The topological polar surface area (TPSA) is 59.5 Å². The number of nitrogens with zero attached hydrogens (tertiary/aromatic N) is 3. The van der Waals surface area contributed by atoms with E-state index in [-0.39, 0.29) is 5.13 Å². The molecule has 1 N–H and O–H groups in total. The zero-order chi connectivity index (χ0) is 17.3. The molecule has 1 atom stereocenters. The maximum atomic E-state index is 13.2. The van der Waals surface area contributed by atoms with Gasteiger partial charge in [-0.2, -0.15) is 23.3 Å². The highest BCUT2D eigenvalue weighted by molar-refractivity contribution is 7.22. The third-order valence-electron chi connectivity index (χ3n) is 3.41. The quantitative estimate of drug-likeness (QED) is 0.850. The number of carbonyl (C=O) groups excluding carboxylic acids is 1. The van der Waals surface area contributed by atoms with E-state index in [9.17, 15) is 18.0 Å². The van der Waals surface area contributed by atoms with Gasteiger partial charge in [0.15, 0.2) is 17.8 Å². The van der Waals surface area contributed by atoms with Gasteiger partial charge in [-0.25, -0.2) is 4.98 Å². The second kappa shape index (κ2) is 6.31. The van der Waals surface area contributed by atoms with Gasteiger partial charge in [0.2, 0.25) is 5.13 Å². The van der Waals surface area contributed by atoms with Crippen LogP contribution in [0.2, 0.25) is 0 Å². The minimum absolute atomic E-state index is 0.134.